The average molecular weight is 263 g/mol. The van der Waals surface area contributed by atoms with E-state index in [1.807, 2.05) is 18.6 Å². The second-order valence-corrected chi connectivity index (χ2v) is 5.57. The van der Waals surface area contributed by atoms with E-state index in [0.717, 1.165) is 47.7 Å². The molecule has 1 fully saturated rings. The first kappa shape index (κ1) is 11.9. The molecule has 2 aromatic heterocycles. The van der Waals surface area contributed by atoms with Crippen LogP contribution >= 0.6 is 11.3 Å². The second-order valence-electron chi connectivity index (χ2n) is 4.72. The van der Waals surface area contributed by atoms with E-state index in [9.17, 15) is 0 Å². The number of oxazole rings is 1. The Morgan fingerprint density at radius 1 is 1.44 bits per heavy atom. The summed E-state index contributed by atoms with van der Waals surface area (Å²) in [6.07, 6.45) is 6.47. The molecule has 1 aliphatic rings. The predicted molar refractivity (Wildman–Crippen MR) is 71.7 cm³/mol. The van der Waals surface area contributed by atoms with E-state index < -0.39 is 0 Å². The molecule has 5 heteroatoms. The van der Waals surface area contributed by atoms with Gasteiger partial charge in [-0.1, -0.05) is 0 Å². The lowest BCUT2D eigenvalue weighted by Crippen LogP contribution is -2.17. The van der Waals surface area contributed by atoms with Crippen LogP contribution in [0.2, 0.25) is 0 Å². The summed E-state index contributed by atoms with van der Waals surface area (Å²) in [5, 5.41) is 3.49. The summed E-state index contributed by atoms with van der Waals surface area (Å²) in [5.41, 5.74) is 2.85. The van der Waals surface area contributed by atoms with Crippen LogP contribution in [0, 0.1) is 6.92 Å². The van der Waals surface area contributed by atoms with Gasteiger partial charge in [-0.05, 0) is 32.7 Å². The molecule has 3 rings (SSSR count). The molecule has 18 heavy (non-hydrogen) atoms. The molecule has 0 amide bonds. The Balaban J connectivity index is 1.54. The molecule has 0 aliphatic heterocycles. The zero-order valence-corrected chi connectivity index (χ0v) is 11.3. The van der Waals surface area contributed by atoms with Crippen LogP contribution < -0.4 is 5.32 Å². The van der Waals surface area contributed by atoms with Crippen molar-refractivity contribution in [3.63, 3.8) is 0 Å². The van der Waals surface area contributed by atoms with E-state index in [1.54, 1.807) is 11.3 Å². The van der Waals surface area contributed by atoms with E-state index in [0.29, 0.717) is 0 Å². The van der Waals surface area contributed by atoms with Crippen LogP contribution in [-0.4, -0.2) is 22.6 Å². The molecule has 0 spiro atoms. The largest absolute Gasteiger partial charge is 0.440 e. The Kier molecular flexibility index (Phi) is 3.43. The van der Waals surface area contributed by atoms with Crippen molar-refractivity contribution in [2.45, 2.75) is 38.6 Å². The Hall–Kier alpha value is -1.20. The lowest BCUT2D eigenvalue weighted by Gasteiger charge is -1.99. The summed E-state index contributed by atoms with van der Waals surface area (Å²) in [5.74, 6) is 1.68. The molecule has 0 atom stereocenters. The van der Waals surface area contributed by atoms with Gasteiger partial charge in [0.15, 0.2) is 11.7 Å². The standard InChI is InChI=1S/C13H17N3OS/c1-9-13(18-8-16-9)11-7-15-12(17-11)3-2-6-14-10-4-5-10/h7-8,10,14H,2-6H2,1H3. The number of hydrogen-bond acceptors (Lipinski definition) is 5. The van der Waals surface area contributed by atoms with E-state index in [-0.39, 0.29) is 0 Å². The van der Waals surface area contributed by atoms with Crippen molar-refractivity contribution < 1.29 is 4.42 Å². The highest BCUT2D eigenvalue weighted by Crippen LogP contribution is 2.27. The topological polar surface area (TPSA) is 51.0 Å². The number of rotatable bonds is 6. The molecular weight excluding hydrogens is 246 g/mol. The van der Waals surface area contributed by atoms with Gasteiger partial charge in [-0.2, -0.15) is 0 Å². The molecular formula is C13H17N3OS. The highest BCUT2D eigenvalue weighted by molar-refractivity contribution is 7.13. The molecule has 0 bridgehead atoms. The lowest BCUT2D eigenvalue weighted by molar-refractivity contribution is 0.492. The van der Waals surface area contributed by atoms with Gasteiger partial charge in [-0.15, -0.1) is 11.3 Å². The summed E-state index contributed by atoms with van der Waals surface area (Å²) in [6, 6.07) is 0.782. The number of nitrogens with zero attached hydrogens (tertiary/aromatic N) is 2. The first-order valence-corrected chi connectivity index (χ1v) is 7.29. The summed E-state index contributed by atoms with van der Waals surface area (Å²) in [6.45, 7) is 3.05. The van der Waals surface area contributed by atoms with Crippen molar-refractivity contribution in [1.82, 2.24) is 15.3 Å². The van der Waals surface area contributed by atoms with Crippen LogP contribution in [0.1, 0.15) is 30.8 Å². The smallest absolute Gasteiger partial charge is 0.194 e. The second kappa shape index (κ2) is 5.20. The number of aromatic nitrogens is 2. The maximum atomic E-state index is 5.76. The quantitative estimate of drug-likeness (QED) is 0.814. The van der Waals surface area contributed by atoms with Gasteiger partial charge in [0.2, 0.25) is 0 Å². The molecule has 2 aromatic rings. The van der Waals surface area contributed by atoms with Crippen LogP contribution in [0.15, 0.2) is 16.1 Å². The fourth-order valence-electron chi connectivity index (χ4n) is 1.90. The summed E-state index contributed by atoms with van der Waals surface area (Å²) >= 11 is 1.60. The van der Waals surface area contributed by atoms with Gasteiger partial charge in [0, 0.05) is 12.5 Å². The van der Waals surface area contributed by atoms with E-state index in [2.05, 4.69) is 15.3 Å². The van der Waals surface area contributed by atoms with Crippen molar-refractivity contribution in [3.8, 4) is 10.6 Å². The third kappa shape index (κ3) is 2.79. The molecule has 0 saturated heterocycles. The Labute approximate surface area is 110 Å². The highest BCUT2D eigenvalue weighted by atomic mass is 32.1. The van der Waals surface area contributed by atoms with Gasteiger partial charge < -0.3 is 9.73 Å². The first-order chi connectivity index (χ1) is 8.83. The summed E-state index contributed by atoms with van der Waals surface area (Å²) in [7, 11) is 0. The molecule has 2 heterocycles. The molecule has 4 nitrogen and oxygen atoms in total. The molecule has 0 aromatic carbocycles. The fraction of sp³-hybridized carbons (Fsp3) is 0.538. The van der Waals surface area contributed by atoms with Gasteiger partial charge in [0.1, 0.15) is 0 Å². The van der Waals surface area contributed by atoms with Gasteiger partial charge in [-0.3, -0.25) is 0 Å². The number of hydrogen-bond donors (Lipinski definition) is 1. The minimum absolute atomic E-state index is 0.782. The van der Waals surface area contributed by atoms with Gasteiger partial charge in [0.05, 0.1) is 22.3 Å². The monoisotopic (exact) mass is 263 g/mol. The van der Waals surface area contributed by atoms with E-state index >= 15 is 0 Å². The van der Waals surface area contributed by atoms with Crippen molar-refractivity contribution in [2.24, 2.45) is 0 Å². The number of thiazole rings is 1. The van der Waals surface area contributed by atoms with Crippen molar-refractivity contribution in [2.75, 3.05) is 6.54 Å². The van der Waals surface area contributed by atoms with Crippen molar-refractivity contribution in [1.29, 1.82) is 0 Å². The average Bonchev–Trinajstić information content (AvgIpc) is 2.90. The van der Waals surface area contributed by atoms with Crippen molar-refractivity contribution in [3.05, 3.63) is 23.3 Å². The zero-order valence-electron chi connectivity index (χ0n) is 10.5. The lowest BCUT2D eigenvalue weighted by atomic mass is 10.3. The third-order valence-electron chi connectivity index (χ3n) is 3.10. The zero-order chi connectivity index (χ0) is 12.4. The fourth-order valence-corrected chi connectivity index (χ4v) is 2.65. The first-order valence-electron chi connectivity index (χ1n) is 6.41. The molecule has 96 valence electrons. The molecule has 1 aliphatic carbocycles. The maximum Gasteiger partial charge on any atom is 0.194 e. The van der Waals surface area contributed by atoms with Crippen LogP contribution in [0.3, 0.4) is 0 Å². The molecule has 0 radical (unpaired) electrons. The SMILES string of the molecule is Cc1ncsc1-c1cnc(CCCNC2CC2)o1. The summed E-state index contributed by atoms with van der Waals surface area (Å²) in [4.78, 5) is 9.64. The van der Waals surface area contributed by atoms with E-state index in [4.69, 9.17) is 4.42 Å². The van der Waals surface area contributed by atoms with Gasteiger partial charge >= 0.3 is 0 Å². The van der Waals surface area contributed by atoms with Crippen LogP contribution in [0.4, 0.5) is 0 Å². The molecule has 1 saturated carbocycles. The van der Waals surface area contributed by atoms with E-state index in [1.165, 1.54) is 12.8 Å². The van der Waals surface area contributed by atoms with Crippen molar-refractivity contribution >= 4 is 11.3 Å². The Morgan fingerprint density at radius 3 is 3.06 bits per heavy atom. The molecule has 0 unspecified atom stereocenters. The van der Waals surface area contributed by atoms with Gasteiger partial charge in [-0.25, -0.2) is 9.97 Å². The predicted octanol–water partition coefficient (Wildman–Crippen LogP) is 2.79. The van der Waals surface area contributed by atoms with Gasteiger partial charge in [0.25, 0.3) is 0 Å². The van der Waals surface area contributed by atoms with Crippen LogP contribution in [0.25, 0.3) is 10.6 Å². The minimum Gasteiger partial charge on any atom is -0.440 e. The normalized spacial score (nSPS) is 15.2. The Morgan fingerprint density at radius 2 is 2.33 bits per heavy atom. The van der Waals surface area contributed by atoms with Crippen LogP contribution in [-0.2, 0) is 6.42 Å². The minimum atomic E-state index is 0.782. The number of nitrogens with one attached hydrogen (secondary N) is 1. The Bertz CT molecular complexity index is 516. The summed E-state index contributed by atoms with van der Waals surface area (Å²) < 4.78 is 5.76. The highest BCUT2D eigenvalue weighted by Gasteiger charge is 2.19. The third-order valence-corrected chi connectivity index (χ3v) is 4.04. The maximum absolute atomic E-state index is 5.76. The van der Waals surface area contributed by atoms with Crippen LogP contribution in [0.5, 0.6) is 0 Å². The number of aryl methyl sites for hydroxylation is 2. The molecule has 1 N–H and O–H groups in total.